The van der Waals surface area contributed by atoms with Crippen LogP contribution in [-0.4, -0.2) is 35.6 Å². The van der Waals surface area contributed by atoms with E-state index in [-0.39, 0.29) is 6.03 Å². The zero-order valence-electron chi connectivity index (χ0n) is 13.9. The molecule has 1 aromatic heterocycles. The number of aromatic nitrogens is 1. The van der Waals surface area contributed by atoms with Gasteiger partial charge >= 0.3 is 6.03 Å². The monoisotopic (exact) mass is 325 g/mol. The van der Waals surface area contributed by atoms with Crippen molar-refractivity contribution in [2.24, 2.45) is 5.92 Å². The van der Waals surface area contributed by atoms with Crippen LogP contribution in [0.5, 0.6) is 5.88 Å². The molecule has 0 aliphatic carbocycles. The molecular formula is C19H23N3O2. The van der Waals surface area contributed by atoms with E-state index in [1.54, 1.807) is 0 Å². The third-order valence-corrected chi connectivity index (χ3v) is 4.16. The summed E-state index contributed by atoms with van der Waals surface area (Å²) in [7, 11) is 0. The summed E-state index contributed by atoms with van der Waals surface area (Å²) >= 11 is 0. The van der Waals surface area contributed by atoms with Crippen molar-refractivity contribution >= 4 is 11.7 Å². The molecule has 0 spiro atoms. The van der Waals surface area contributed by atoms with E-state index in [1.807, 2.05) is 60.4 Å². The fourth-order valence-electron chi connectivity index (χ4n) is 2.91. The largest absolute Gasteiger partial charge is 0.477 e. The molecule has 1 unspecified atom stereocenters. The van der Waals surface area contributed by atoms with Crippen LogP contribution in [0.25, 0.3) is 0 Å². The number of rotatable bonds is 4. The predicted molar refractivity (Wildman–Crippen MR) is 94.2 cm³/mol. The Kier molecular flexibility index (Phi) is 5.31. The van der Waals surface area contributed by atoms with Gasteiger partial charge in [-0.2, -0.15) is 0 Å². The lowest BCUT2D eigenvalue weighted by Gasteiger charge is -2.32. The van der Waals surface area contributed by atoms with Crippen LogP contribution in [0.15, 0.2) is 48.5 Å². The van der Waals surface area contributed by atoms with Gasteiger partial charge < -0.3 is 15.0 Å². The molecule has 0 bridgehead atoms. The molecule has 1 aliphatic rings. The van der Waals surface area contributed by atoms with Crippen molar-refractivity contribution in [1.82, 2.24) is 9.88 Å². The third-order valence-electron chi connectivity index (χ3n) is 4.16. The molecule has 1 aromatic carbocycles. The number of carbonyl (C=O) groups excluding carboxylic acids is 1. The summed E-state index contributed by atoms with van der Waals surface area (Å²) in [6.07, 6.45) is 2.07. The minimum atomic E-state index is -0.0421. The Morgan fingerprint density at radius 1 is 1.25 bits per heavy atom. The van der Waals surface area contributed by atoms with Gasteiger partial charge in [-0.1, -0.05) is 24.3 Å². The van der Waals surface area contributed by atoms with E-state index in [1.165, 1.54) is 0 Å². The van der Waals surface area contributed by atoms with Crippen LogP contribution < -0.4 is 10.1 Å². The number of nitrogens with zero attached hydrogens (tertiary/aromatic N) is 2. The number of benzene rings is 1. The second kappa shape index (κ2) is 7.81. The van der Waals surface area contributed by atoms with Crippen LogP contribution in [0.4, 0.5) is 10.5 Å². The second-order valence-corrected chi connectivity index (χ2v) is 6.18. The van der Waals surface area contributed by atoms with Crippen molar-refractivity contribution in [3.8, 4) is 5.88 Å². The maximum absolute atomic E-state index is 12.4. The van der Waals surface area contributed by atoms with Crippen molar-refractivity contribution in [3.63, 3.8) is 0 Å². The number of hydrogen-bond acceptors (Lipinski definition) is 3. The van der Waals surface area contributed by atoms with E-state index in [2.05, 4.69) is 10.3 Å². The molecule has 1 saturated heterocycles. The Morgan fingerprint density at radius 2 is 2.08 bits per heavy atom. The first-order chi connectivity index (χ1) is 11.7. The lowest BCUT2D eigenvalue weighted by atomic mass is 9.99. The van der Waals surface area contributed by atoms with Crippen molar-refractivity contribution in [1.29, 1.82) is 0 Å². The lowest BCUT2D eigenvalue weighted by Crippen LogP contribution is -2.43. The number of aryl methyl sites for hydroxylation is 1. The van der Waals surface area contributed by atoms with Crippen LogP contribution in [0, 0.1) is 12.8 Å². The molecular weight excluding hydrogens is 302 g/mol. The minimum absolute atomic E-state index is 0.0421. The lowest BCUT2D eigenvalue weighted by molar-refractivity contribution is 0.143. The zero-order chi connectivity index (χ0) is 16.8. The Labute approximate surface area is 142 Å². The fraction of sp³-hybridized carbons (Fsp3) is 0.368. The molecule has 0 saturated carbocycles. The number of urea groups is 1. The Morgan fingerprint density at radius 3 is 2.88 bits per heavy atom. The maximum atomic E-state index is 12.4. The zero-order valence-corrected chi connectivity index (χ0v) is 13.9. The average Bonchev–Trinajstić information content (AvgIpc) is 2.61. The predicted octanol–water partition coefficient (Wildman–Crippen LogP) is 3.71. The summed E-state index contributed by atoms with van der Waals surface area (Å²) in [6, 6.07) is 15.3. The van der Waals surface area contributed by atoms with Crippen LogP contribution in [0.2, 0.25) is 0 Å². The number of amides is 2. The highest BCUT2D eigenvalue weighted by atomic mass is 16.5. The van der Waals surface area contributed by atoms with E-state index < -0.39 is 0 Å². The first kappa shape index (κ1) is 16.3. The molecule has 1 fully saturated rings. The highest BCUT2D eigenvalue weighted by molar-refractivity contribution is 5.89. The van der Waals surface area contributed by atoms with Crippen LogP contribution in [0.1, 0.15) is 18.5 Å². The quantitative estimate of drug-likeness (QED) is 0.932. The highest BCUT2D eigenvalue weighted by Gasteiger charge is 2.24. The smallest absolute Gasteiger partial charge is 0.321 e. The first-order valence-electron chi connectivity index (χ1n) is 8.38. The molecule has 1 aliphatic heterocycles. The molecule has 2 aromatic rings. The van der Waals surface area contributed by atoms with Gasteiger partial charge in [-0.25, -0.2) is 9.78 Å². The molecule has 126 valence electrons. The summed E-state index contributed by atoms with van der Waals surface area (Å²) in [6.45, 7) is 4.04. The molecule has 2 heterocycles. The number of likely N-dealkylation sites (tertiary alicyclic amines) is 1. The molecule has 0 radical (unpaired) electrons. The van der Waals surface area contributed by atoms with Crippen LogP contribution >= 0.6 is 0 Å². The summed E-state index contributed by atoms with van der Waals surface area (Å²) in [5.74, 6) is 0.989. The van der Waals surface area contributed by atoms with E-state index >= 15 is 0 Å². The molecule has 24 heavy (non-hydrogen) atoms. The Bertz CT molecular complexity index is 675. The molecule has 1 N–H and O–H groups in total. The van der Waals surface area contributed by atoms with Gasteiger partial charge in [-0.05, 0) is 38.0 Å². The number of piperidine rings is 1. The topological polar surface area (TPSA) is 54.5 Å². The van der Waals surface area contributed by atoms with Gasteiger partial charge in [-0.3, -0.25) is 0 Å². The highest BCUT2D eigenvalue weighted by Crippen LogP contribution is 2.19. The molecule has 2 amide bonds. The van der Waals surface area contributed by atoms with Gasteiger partial charge in [-0.15, -0.1) is 0 Å². The summed E-state index contributed by atoms with van der Waals surface area (Å²) in [4.78, 5) is 18.6. The summed E-state index contributed by atoms with van der Waals surface area (Å²) in [5, 5.41) is 2.95. The van der Waals surface area contributed by atoms with E-state index in [0.29, 0.717) is 24.9 Å². The van der Waals surface area contributed by atoms with Gasteiger partial charge in [0.2, 0.25) is 5.88 Å². The Hall–Kier alpha value is -2.56. The van der Waals surface area contributed by atoms with E-state index in [0.717, 1.165) is 30.8 Å². The molecule has 1 atom stereocenters. The second-order valence-electron chi connectivity index (χ2n) is 6.18. The van der Waals surface area contributed by atoms with Crippen LogP contribution in [-0.2, 0) is 0 Å². The van der Waals surface area contributed by atoms with Crippen molar-refractivity contribution in [2.45, 2.75) is 19.8 Å². The van der Waals surface area contributed by atoms with E-state index in [4.69, 9.17) is 4.74 Å². The van der Waals surface area contributed by atoms with Crippen molar-refractivity contribution < 1.29 is 9.53 Å². The standard InChI is InChI=1S/C19H23N3O2/c1-15-7-5-11-18(20-15)24-14-16-8-6-12-22(13-16)19(23)21-17-9-3-2-4-10-17/h2-5,7,9-11,16H,6,8,12-14H2,1H3,(H,21,23). The van der Waals surface area contributed by atoms with Gasteiger partial charge in [0.25, 0.3) is 0 Å². The van der Waals surface area contributed by atoms with Crippen molar-refractivity contribution in [2.75, 3.05) is 25.0 Å². The number of para-hydroxylation sites is 1. The van der Waals surface area contributed by atoms with E-state index in [9.17, 15) is 4.79 Å². The number of anilines is 1. The number of carbonyl (C=O) groups is 1. The van der Waals surface area contributed by atoms with Gasteiger partial charge in [0.1, 0.15) is 0 Å². The third kappa shape index (κ3) is 4.47. The van der Waals surface area contributed by atoms with Crippen LogP contribution in [0.3, 0.4) is 0 Å². The summed E-state index contributed by atoms with van der Waals surface area (Å²) in [5.41, 5.74) is 1.77. The normalized spacial score (nSPS) is 17.4. The number of ether oxygens (including phenoxy) is 1. The van der Waals surface area contributed by atoms with Crippen molar-refractivity contribution in [3.05, 3.63) is 54.2 Å². The van der Waals surface area contributed by atoms with Gasteiger partial charge in [0, 0.05) is 36.5 Å². The first-order valence-corrected chi connectivity index (χ1v) is 8.38. The number of pyridine rings is 1. The minimum Gasteiger partial charge on any atom is -0.477 e. The molecule has 5 heteroatoms. The Balaban J connectivity index is 1.51. The SMILES string of the molecule is Cc1cccc(OCC2CCCN(C(=O)Nc3ccccc3)C2)n1. The van der Waals surface area contributed by atoms with Gasteiger partial charge in [0.15, 0.2) is 0 Å². The van der Waals surface area contributed by atoms with Gasteiger partial charge in [0.05, 0.1) is 6.61 Å². The number of nitrogens with one attached hydrogen (secondary N) is 1. The summed E-state index contributed by atoms with van der Waals surface area (Å²) < 4.78 is 5.80. The maximum Gasteiger partial charge on any atom is 0.321 e. The fourth-order valence-corrected chi connectivity index (χ4v) is 2.91. The number of hydrogen-bond donors (Lipinski definition) is 1. The molecule has 5 nitrogen and oxygen atoms in total. The molecule has 3 rings (SSSR count). The average molecular weight is 325 g/mol.